The monoisotopic (exact) mass is 191 g/mol. The molecule has 1 nitrogen and oxygen atoms in total. The van der Waals surface area contributed by atoms with Crippen molar-refractivity contribution < 1.29 is 4.39 Å². The van der Waals surface area contributed by atoms with Crippen LogP contribution in [0.1, 0.15) is 19.4 Å². The lowest BCUT2D eigenvalue weighted by atomic mass is 9.90. The molecule has 0 amide bonds. The predicted octanol–water partition coefficient (Wildman–Crippen LogP) is 3.16. The van der Waals surface area contributed by atoms with Gasteiger partial charge in [0.2, 0.25) is 0 Å². The molecule has 0 saturated heterocycles. The first-order valence-corrected chi connectivity index (χ1v) is 4.78. The molecular weight excluding hydrogens is 177 g/mol. The van der Waals surface area contributed by atoms with Gasteiger partial charge in [-0.1, -0.05) is 32.0 Å². The normalized spacial score (nSPS) is 12.5. The molecule has 0 aromatic heterocycles. The summed E-state index contributed by atoms with van der Waals surface area (Å²) >= 11 is 0. The molecular formula is C12H14FN. The van der Waals surface area contributed by atoms with Gasteiger partial charge in [0.25, 0.3) is 0 Å². The van der Waals surface area contributed by atoms with E-state index >= 15 is 0 Å². The summed E-state index contributed by atoms with van der Waals surface area (Å²) in [7, 11) is 0. The molecule has 0 radical (unpaired) electrons. The largest absolute Gasteiger partial charge is 0.207 e. The fourth-order valence-corrected chi connectivity index (χ4v) is 1.33. The Morgan fingerprint density at radius 3 is 2.50 bits per heavy atom. The molecule has 1 rings (SSSR count). The third-order valence-corrected chi connectivity index (χ3v) is 2.37. The van der Waals surface area contributed by atoms with Crippen molar-refractivity contribution in [3.8, 4) is 6.07 Å². The smallest absolute Gasteiger partial charge is 0.126 e. The van der Waals surface area contributed by atoms with Gasteiger partial charge in [0.05, 0.1) is 12.0 Å². The van der Waals surface area contributed by atoms with Crippen LogP contribution in [0.15, 0.2) is 24.3 Å². The van der Waals surface area contributed by atoms with Gasteiger partial charge in [-0.15, -0.1) is 0 Å². The summed E-state index contributed by atoms with van der Waals surface area (Å²) in [5, 5.41) is 8.88. The zero-order valence-corrected chi connectivity index (χ0v) is 8.50. The fraction of sp³-hybridized carbons (Fsp3) is 0.417. The first-order chi connectivity index (χ1) is 6.65. The first-order valence-electron chi connectivity index (χ1n) is 4.78. The lowest BCUT2D eigenvalue weighted by molar-refractivity contribution is 0.464. The molecule has 0 N–H and O–H groups in total. The van der Waals surface area contributed by atoms with E-state index in [0.717, 1.165) is 0 Å². The van der Waals surface area contributed by atoms with Gasteiger partial charge in [-0.2, -0.15) is 5.26 Å². The molecule has 1 aromatic rings. The summed E-state index contributed by atoms with van der Waals surface area (Å²) in [4.78, 5) is 0. The Balaban J connectivity index is 2.78. The number of nitrogens with zero attached hydrogens (tertiary/aromatic N) is 1. The quantitative estimate of drug-likeness (QED) is 0.720. The summed E-state index contributed by atoms with van der Waals surface area (Å²) in [6.07, 6.45) is 0.501. The van der Waals surface area contributed by atoms with E-state index in [1.807, 2.05) is 13.8 Å². The van der Waals surface area contributed by atoms with E-state index in [2.05, 4.69) is 6.07 Å². The Bertz CT molecular complexity index is 338. The van der Waals surface area contributed by atoms with Crippen LogP contribution in [0.25, 0.3) is 0 Å². The predicted molar refractivity (Wildman–Crippen MR) is 54.0 cm³/mol. The van der Waals surface area contributed by atoms with Crippen LogP contribution >= 0.6 is 0 Å². The van der Waals surface area contributed by atoms with Crippen LogP contribution in [-0.4, -0.2) is 0 Å². The lowest BCUT2D eigenvalue weighted by Crippen LogP contribution is -2.10. The number of hydrogen-bond donors (Lipinski definition) is 0. The highest BCUT2D eigenvalue weighted by atomic mass is 19.1. The molecule has 2 heteroatoms. The van der Waals surface area contributed by atoms with Crippen LogP contribution < -0.4 is 0 Å². The molecule has 0 aliphatic rings. The summed E-state index contributed by atoms with van der Waals surface area (Å²) in [6, 6.07) is 8.84. The van der Waals surface area contributed by atoms with Crippen molar-refractivity contribution in [1.29, 1.82) is 5.26 Å². The standard InChI is InChI=1S/C12H14FN/c1-9(2)11(8-14)7-10-5-3-4-6-12(10)13/h3-6,9,11H,7H2,1-2H3. The Hall–Kier alpha value is -1.36. The van der Waals surface area contributed by atoms with E-state index in [-0.39, 0.29) is 17.7 Å². The SMILES string of the molecule is CC(C)C(C#N)Cc1ccccc1F. The Labute approximate surface area is 84.2 Å². The molecule has 14 heavy (non-hydrogen) atoms. The van der Waals surface area contributed by atoms with Crippen molar-refractivity contribution in [2.75, 3.05) is 0 Å². The second kappa shape index (κ2) is 4.76. The lowest BCUT2D eigenvalue weighted by Gasteiger charge is -2.12. The maximum absolute atomic E-state index is 13.2. The first kappa shape index (κ1) is 10.7. The highest BCUT2D eigenvalue weighted by molar-refractivity contribution is 5.19. The van der Waals surface area contributed by atoms with Gasteiger partial charge in [0, 0.05) is 0 Å². The van der Waals surface area contributed by atoms with Crippen molar-refractivity contribution in [3.63, 3.8) is 0 Å². The number of benzene rings is 1. The topological polar surface area (TPSA) is 23.8 Å². The average molecular weight is 191 g/mol. The number of nitriles is 1. The third-order valence-electron chi connectivity index (χ3n) is 2.37. The number of rotatable bonds is 3. The molecule has 0 spiro atoms. The summed E-state index contributed by atoms with van der Waals surface area (Å²) in [6.45, 7) is 3.96. The van der Waals surface area contributed by atoms with Crippen molar-refractivity contribution in [2.24, 2.45) is 11.8 Å². The van der Waals surface area contributed by atoms with Crippen LogP contribution in [0.4, 0.5) is 4.39 Å². The van der Waals surface area contributed by atoms with Crippen LogP contribution in [0, 0.1) is 29.0 Å². The third kappa shape index (κ3) is 2.56. The maximum Gasteiger partial charge on any atom is 0.126 e. The molecule has 1 aromatic carbocycles. The van der Waals surface area contributed by atoms with Gasteiger partial charge in [0.1, 0.15) is 5.82 Å². The van der Waals surface area contributed by atoms with Gasteiger partial charge >= 0.3 is 0 Å². The van der Waals surface area contributed by atoms with Crippen molar-refractivity contribution >= 4 is 0 Å². The Kier molecular flexibility index (Phi) is 3.64. The van der Waals surface area contributed by atoms with Gasteiger partial charge in [-0.05, 0) is 24.0 Å². The van der Waals surface area contributed by atoms with Crippen LogP contribution in [0.2, 0.25) is 0 Å². The minimum atomic E-state index is -0.214. The van der Waals surface area contributed by atoms with Gasteiger partial charge in [-0.3, -0.25) is 0 Å². The van der Waals surface area contributed by atoms with Crippen LogP contribution in [0.3, 0.4) is 0 Å². The second-order valence-corrected chi connectivity index (χ2v) is 3.78. The van der Waals surface area contributed by atoms with E-state index in [4.69, 9.17) is 5.26 Å². The van der Waals surface area contributed by atoms with Crippen molar-refractivity contribution in [2.45, 2.75) is 20.3 Å². The van der Waals surface area contributed by atoms with E-state index in [1.54, 1.807) is 18.2 Å². The Morgan fingerprint density at radius 2 is 2.00 bits per heavy atom. The zero-order valence-electron chi connectivity index (χ0n) is 8.50. The number of hydrogen-bond acceptors (Lipinski definition) is 1. The highest BCUT2D eigenvalue weighted by Crippen LogP contribution is 2.18. The van der Waals surface area contributed by atoms with Crippen molar-refractivity contribution in [3.05, 3.63) is 35.6 Å². The molecule has 0 heterocycles. The van der Waals surface area contributed by atoms with Crippen LogP contribution in [-0.2, 0) is 6.42 Å². The second-order valence-electron chi connectivity index (χ2n) is 3.78. The minimum absolute atomic E-state index is 0.105. The van der Waals surface area contributed by atoms with Gasteiger partial charge < -0.3 is 0 Å². The van der Waals surface area contributed by atoms with Crippen molar-refractivity contribution in [1.82, 2.24) is 0 Å². The molecule has 0 aliphatic carbocycles. The van der Waals surface area contributed by atoms with Gasteiger partial charge in [0.15, 0.2) is 0 Å². The zero-order chi connectivity index (χ0) is 10.6. The number of halogens is 1. The van der Waals surface area contributed by atoms with Crippen LogP contribution in [0.5, 0.6) is 0 Å². The average Bonchev–Trinajstić information content (AvgIpc) is 2.16. The van der Waals surface area contributed by atoms with E-state index < -0.39 is 0 Å². The molecule has 74 valence electrons. The molecule has 1 unspecified atom stereocenters. The molecule has 0 aliphatic heterocycles. The molecule has 0 saturated carbocycles. The Morgan fingerprint density at radius 1 is 1.36 bits per heavy atom. The maximum atomic E-state index is 13.2. The fourth-order valence-electron chi connectivity index (χ4n) is 1.33. The summed E-state index contributed by atoms with van der Waals surface area (Å²) < 4.78 is 13.2. The van der Waals surface area contributed by atoms with E-state index in [0.29, 0.717) is 12.0 Å². The molecule has 0 fully saturated rings. The van der Waals surface area contributed by atoms with E-state index in [1.165, 1.54) is 6.07 Å². The highest BCUT2D eigenvalue weighted by Gasteiger charge is 2.14. The van der Waals surface area contributed by atoms with Gasteiger partial charge in [-0.25, -0.2) is 4.39 Å². The summed E-state index contributed by atoms with van der Waals surface area (Å²) in [5.41, 5.74) is 0.632. The molecule has 0 bridgehead atoms. The summed E-state index contributed by atoms with van der Waals surface area (Å²) in [5.74, 6) is -0.0556. The molecule has 1 atom stereocenters. The minimum Gasteiger partial charge on any atom is -0.207 e. The van der Waals surface area contributed by atoms with E-state index in [9.17, 15) is 4.39 Å².